The molecule has 0 spiro atoms. The van der Waals surface area contributed by atoms with Crippen molar-refractivity contribution in [2.45, 2.75) is 13.0 Å². The molecule has 1 aromatic heterocycles. The second-order valence-corrected chi connectivity index (χ2v) is 5.03. The average molecular weight is 261 g/mol. The first-order valence-electron chi connectivity index (χ1n) is 6.02. The first-order chi connectivity index (χ1) is 8.92. The van der Waals surface area contributed by atoms with Crippen LogP contribution in [-0.4, -0.2) is 13.3 Å². The quantitative estimate of drug-likeness (QED) is 0.840. The van der Waals surface area contributed by atoms with E-state index in [9.17, 15) is 0 Å². The lowest BCUT2D eigenvalue weighted by Gasteiger charge is -2.05. The van der Waals surface area contributed by atoms with Crippen LogP contribution in [0.4, 0.5) is 0 Å². The van der Waals surface area contributed by atoms with Gasteiger partial charge in [0.2, 0.25) is 6.79 Å². The molecule has 4 heteroatoms. The zero-order valence-corrected chi connectivity index (χ0v) is 10.8. The van der Waals surface area contributed by atoms with E-state index in [2.05, 4.69) is 28.2 Å². The molecular weight excluding hydrogens is 246 g/mol. The molecule has 1 aliphatic heterocycles. The summed E-state index contributed by atoms with van der Waals surface area (Å²) in [4.78, 5) is 0. The minimum Gasteiger partial charge on any atom is -0.454 e. The van der Waals surface area contributed by atoms with Crippen LogP contribution in [0.5, 0.6) is 11.5 Å². The molecule has 2 aromatic rings. The van der Waals surface area contributed by atoms with Gasteiger partial charge < -0.3 is 14.8 Å². The van der Waals surface area contributed by atoms with Crippen LogP contribution in [0.15, 0.2) is 35.0 Å². The van der Waals surface area contributed by atoms with Crippen LogP contribution < -0.4 is 14.8 Å². The van der Waals surface area contributed by atoms with Crippen molar-refractivity contribution in [3.8, 4) is 11.5 Å². The van der Waals surface area contributed by atoms with E-state index >= 15 is 0 Å². The van der Waals surface area contributed by atoms with E-state index in [1.54, 1.807) is 11.3 Å². The molecule has 0 fully saturated rings. The van der Waals surface area contributed by atoms with E-state index in [-0.39, 0.29) is 0 Å². The van der Waals surface area contributed by atoms with Gasteiger partial charge in [-0.25, -0.2) is 0 Å². The summed E-state index contributed by atoms with van der Waals surface area (Å²) in [5.74, 6) is 1.70. The SMILES string of the molecule is c1cc(CCNCc2ccc3c(c2)OCO3)cs1. The molecule has 0 aliphatic carbocycles. The Labute approximate surface area is 110 Å². The molecule has 0 atom stereocenters. The van der Waals surface area contributed by atoms with E-state index in [1.807, 2.05) is 12.1 Å². The maximum absolute atomic E-state index is 5.36. The lowest BCUT2D eigenvalue weighted by atomic mass is 10.2. The molecule has 0 radical (unpaired) electrons. The van der Waals surface area contributed by atoms with Gasteiger partial charge in [0.15, 0.2) is 11.5 Å². The van der Waals surface area contributed by atoms with Crippen molar-refractivity contribution in [2.75, 3.05) is 13.3 Å². The monoisotopic (exact) mass is 261 g/mol. The van der Waals surface area contributed by atoms with Gasteiger partial charge in [-0.3, -0.25) is 0 Å². The molecule has 2 heterocycles. The third kappa shape index (κ3) is 2.66. The fourth-order valence-electron chi connectivity index (χ4n) is 1.95. The molecule has 0 bridgehead atoms. The van der Waals surface area contributed by atoms with Gasteiger partial charge in [-0.05, 0) is 53.1 Å². The molecule has 3 rings (SSSR count). The van der Waals surface area contributed by atoms with Crippen molar-refractivity contribution in [3.63, 3.8) is 0 Å². The number of nitrogens with one attached hydrogen (secondary N) is 1. The predicted octanol–water partition coefficient (Wildman–Crippen LogP) is 2.81. The molecule has 18 heavy (non-hydrogen) atoms. The Hall–Kier alpha value is -1.52. The van der Waals surface area contributed by atoms with Gasteiger partial charge >= 0.3 is 0 Å². The highest BCUT2D eigenvalue weighted by Crippen LogP contribution is 2.32. The summed E-state index contributed by atoms with van der Waals surface area (Å²) in [6, 6.07) is 8.26. The number of hydrogen-bond donors (Lipinski definition) is 1. The number of hydrogen-bond acceptors (Lipinski definition) is 4. The minimum atomic E-state index is 0.338. The Kier molecular flexibility index (Phi) is 3.48. The van der Waals surface area contributed by atoms with Crippen molar-refractivity contribution < 1.29 is 9.47 Å². The fourth-order valence-corrected chi connectivity index (χ4v) is 2.65. The van der Waals surface area contributed by atoms with E-state index in [1.165, 1.54) is 11.1 Å². The topological polar surface area (TPSA) is 30.5 Å². The van der Waals surface area contributed by atoms with Crippen LogP contribution in [0.3, 0.4) is 0 Å². The first-order valence-corrected chi connectivity index (χ1v) is 6.96. The molecule has 94 valence electrons. The molecule has 0 saturated heterocycles. The lowest BCUT2D eigenvalue weighted by molar-refractivity contribution is 0.174. The third-order valence-corrected chi connectivity index (χ3v) is 3.67. The van der Waals surface area contributed by atoms with E-state index in [0.29, 0.717) is 6.79 Å². The zero-order valence-electron chi connectivity index (χ0n) is 10.0. The highest BCUT2D eigenvalue weighted by Gasteiger charge is 2.12. The van der Waals surface area contributed by atoms with E-state index in [4.69, 9.17) is 9.47 Å². The number of rotatable bonds is 5. The Balaban J connectivity index is 1.48. The van der Waals surface area contributed by atoms with Gasteiger partial charge in [0.25, 0.3) is 0 Å². The molecule has 1 N–H and O–H groups in total. The van der Waals surface area contributed by atoms with Gasteiger partial charge in [0.05, 0.1) is 0 Å². The van der Waals surface area contributed by atoms with Crippen molar-refractivity contribution in [1.29, 1.82) is 0 Å². The van der Waals surface area contributed by atoms with Crippen LogP contribution >= 0.6 is 11.3 Å². The molecular formula is C14H15NO2S. The van der Waals surface area contributed by atoms with Gasteiger partial charge in [0, 0.05) is 6.54 Å². The summed E-state index contributed by atoms with van der Waals surface area (Å²) >= 11 is 1.75. The smallest absolute Gasteiger partial charge is 0.231 e. The van der Waals surface area contributed by atoms with Crippen LogP contribution in [0.2, 0.25) is 0 Å². The number of thiophene rings is 1. The lowest BCUT2D eigenvalue weighted by Crippen LogP contribution is -2.16. The van der Waals surface area contributed by atoms with Crippen LogP contribution in [0.25, 0.3) is 0 Å². The van der Waals surface area contributed by atoms with Crippen molar-refractivity contribution in [3.05, 3.63) is 46.2 Å². The molecule has 0 amide bonds. The molecule has 0 unspecified atom stereocenters. The molecule has 1 aliphatic rings. The summed E-state index contributed by atoms with van der Waals surface area (Å²) in [5, 5.41) is 7.75. The Morgan fingerprint density at radius 2 is 2.06 bits per heavy atom. The van der Waals surface area contributed by atoms with Gasteiger partial charge in [-0.15, -0.1) is 0 Å². The van der Waals surface area contributed by atoms with Crippen LogP contribution in [-0.2, 0) is 13.0 Å². The molecule has 3 nitrogen and oxygen atoms in total. The molecule has 1 aromatic carbocycles. The summed E-state index contributed by atoms with van der Waals surface area (Å²) in [6.45, 7) is 2.19. The summed E-state index contributed by atoms with van der Waals surface area (Å²) in [7, 11) is 0. The van der Waals surface area contributed by atoms with E-state index < -0.39 is 0 Å². The summed E-state index contributed by atoms with van der Waals surface area (Å²) < 4.78 is 10.6. The summed E-state index contributed by atoms with van der Waals surface area (Å²) in [6.07, 6.45) is 1.08. The normalized spacial score (nSPS) is 12.9. The minimum absolute atomic E-state index is 0.338. The zero-order chi connectivity index (χ0) is 12.2. The number of fused-ring (bicyclic) bond motifs is 1. The number of benzene rings is 1. The maximum atomic E-state index is 5.36. The van der Waals surface area contributed by atoms with Gasteiger partial charge in [-0.1, -0.05) is 6.07 Å². The highest BCUT2D eigenvalue weighted by molar-refractivity contribution is 7.07. The van der Waals surface area contributed by atoms with Crippen LogP contribution in [0, 0.1) is 0 Å². The Morgan fingerprint density at radius 1 is 1.11 bits per heavy atom. The third-order valence-electron chi connectivity index (χ3n) is 2.94. The predicted molar refractivity (Wildman–Crippen MR) is 72.3 cm³/mol. The standard InChI is InChI=1S/C14H15NO2S/c1-2-13-14(17-10-16-13)7-12(1)8-15-5-3-11-4-6-18-9-11/h1-2,4,6-7,9,15H,3,5,8,10H2. The second kappa shape index (κ2) is 5.42. The van der Waals surface area contributed by atoms with E-state index in [0.717, 1.165) is 31.0 Å². The average Bonchev–Trinajstić information content (AvgIpc) is 3.05. The Morgan fingerprint density at radius 3 is 2.94 bits per heavy atom. The second-order valence-electron chi connectivity index (χ2n) is 4.25. The van der Waals surface area contributed by atoms with Crippen molar-refractivity contribution in [2.24, 2.45) is 0 Å². The van der Waals surface area contributed by atoms with Crippen molar-refractivity contribution in [1.82, 2.24) is 5.32 Å². The Bertz CT molecular complexity index is 511. The molecule has 0 saturated carbocycles. The van der Waals surface area contributed by atoms with Gasteiger partial charge in [-0.2, -0.15) is 11.3 Å². The first kappa shape index (κ1) is 11.6. The fraction of sp³-hybridized carbons (Fsp3) is 0.286. The number of ether oxygens (including phenoxy) is 2. The highest BCUT2D eigenvalue weighted by atomic mass is 32.1. The van der Waals surface area contributed by atoms with Crippen molar-refractivity contribution >= 4 is 11.3 Å². The van der Waals surface area contributed by atoms with Gasteiger partial charge in [0.1, 0.15) is 0 Å². The summed E-state index contributed by atoms with van der Waals surface area (Å²) in [5.41, 5.74) is 2.63. The van der Waals surface area contributed by atoms with Crippen LogP contribution in [0.1, 0.15) is 11.1 Å². The largest absolute Gasteiger partial charge is 0.454 e. The maximum Gasteiger partial charge on any atom is 0.231 e.